The lowest BCUT2D eigenvalue weighted by atomic mass is 10.1. The SMILES string of the molecule is CC.Cc1ccc2cc(S(=O)(=O)O)ccc2c1O. The van der Waals surface area contributed by atoms with Crippen LogP contribution in [0.4, 0.5) is 0 Å². The molecule has 0 aliphatic carbocycles. The van der Waals surface area contributed by atoms with Crippen LogP contribution in [0, 0.1) is 6.92 Å². The number of phenols is 1. The topological polar surface area (TPSA) is 74.6 Å². The predicted octanol–water partition coefficient (Wildman–Crippen LogP) is 3.13. The van der Waals surface area contributed by atoms with E-state index in [1.807, 2.05) is 13.8 Å². The molecule has 0 saturated carbocycles. The highest BCUT2D eigenvalue weighted by atomic mass is 32.2. The number of fused-ring (bicyclic) bond motifs is 1. The van der Waals surface area contributed by atoms with Gasteiger partial charge >= 0.3 is 0 Å². The normalized spacial score (nSPS) is 10.9. The average molecular weight is 268 g/mol. The highest BCUT2D eigenvalue weighted by molar-refractivity contribution is 7.85. The van der Waals surface area contributed by atoms with E-state index in [4.69, 9.17) is 4.55 Å². The first kappa shape index (κ1) is 14.5. The second kappa shape index (κ2) is 5.37. The molecular formula is C13H16O4S. The zero-order valence-electron chi connectivity index (χ0n) is 10.5. The number of rotatable bonds is 1. The van der Waals surface area contributed by atoms with E-state index in [2.05, 4.69) is 0 Å². The van der Waals surface area contributed by atoms with Crippen molar-refractivity contribution >= 4 is 20.9 Å². The average Bonchev–Trinajstić information content (AvgIpc) is 2.35. The number of aryl methyl sites for hydroxylation is 1. The second-order valence-electron chi connectivity index (χ2n) is 3.59. The van der Waals surface area contributed by atoms with E-state index in [1.54, 1.807) is 19.1 Å². The Morgan fingerprint density at radius 1 is 1.06 bits per heavy atom. The summed E-state index contributed by atoms with van der Waals surface area (Å²) in [5.41, 5.74) is 0.715. The van der Waals surface area contributed by atoms with Crippen LogP contribution in [0.2, 0.25) is 0 Å². The van der Waals surface area contributed by atoms with Gasteiger partial charge in [-0.15, -0.1) is 0 Å². The standard InChI is InChI=1S/C11H10O4S.C2H6/c1-7-2-3-8-6-9(16(13,14)15)4-5-10(8)11(7)12;1-2/h2-6,12H,1H3,(H,13,14,15);1-2H3. The van der Waals surface area contributed by atoms with Gasteiger partial charge in [0.15, 0.2) is 0 Å². The smallest absolute Gasteiger partial charge is 0.294 e. The summed E-state index contributed by atoms with van der Waals surface area (Å²) in [4.78, 5) is -0.178. The minimum absolute atomic E-state index is 0.124. The minimum Gasteiger partial charge on any atom is -0.507 e. The molecule has 0 spiro atoms. The monoisotopic (exact) mass is 268 g/mol. The van der Waals surface area contributed by atoms with E-state index in [9.17, 15) is 13.5 Å². The van der Waals surface area contributed by atoms with Crippen molar-refractivity contribution in [1.82, 2.24) is 0 Å². The van der Waals surface area contributed by atoms with E-state index >= 15 is 0 Å². The van der Waals surface area contributed by atoms with Crippen LogP contribution in [0.1, 0.15) is 19.4 Å². The van der Waals surface area contributed by atoms with Gasteiger partial charge in [-0.1, -0.05) is 26.0 Å². The molecule has 0 atom stereocenters. The van der Waals surface area contributed by atoms with Crippen LogP contribution in [0.15, 0.2) is 35.2 Å². The van der Waals surface area contributed by atoms with Crippen LogP contribution in [-0.4, -0.2) is 18.1 Å². The molecule has 0 radical (unpaired) electrons. The third kappa shape index (κ3) is 2.80. The molecule has 18 heavy (non-hydrogen) atoms. The molecule has 0 aliphatic heterocycles. The second-order valence-corrected chi connectivity index (χ2v) is 5.01. The Morgan fingerprint density at radius 2 is 1.67 bits per heavy atom. The third-order valence-corrected chi connectivity index (χ3v) is 3.31. The van der Waals surface area contributed by atoms with Gasteiger partial charge in [-0.3, -0.25) is 4.55 Å². The van der Waals surface area contributed by atoms with Crippen molar-refractivity contribution in [2.24, 2.45) is 0 Å². The first-order valence-corrected chi connectivity index (χ1v) is 7.03. The van der Waals surface area contributed by atoms with E-state index < -0.39 is 10.1 Å². The van der Waals surface area contributed by atoms with Crippen molar-refractivity contribution in [2.45, 2.75) is 25.7 Å². The fourth-order valence-electron chi connectivity index (χ4n) is 1.56. The quantitative estimate of drug-likeness (QED) is 0.779. The van der Waals surface area contributed by atoms with E-state index in [0.717, 1.165) is 0 Å². The molecule has 2 aromatic carbocycles. The van der Waals surface area contributed by atoms with Crippen LogP contribution >= 0.6 is 0 Å². The van der Waals surface area contributed by atoms with Gasteiger partial charge in [0, 0.05) is 5.39 Å². The summed E-state index contributed by atoms with van der Waals surface area (Å²) in [6, 6.07) is 7.44. The molecule has 0 aliphatic rings. The van der Waals surface area contributed by atoms with Crippen molar-refractivity contribution in [2.75, 3.05) is 0 Å². The van der Waals surface area contributed by atoms with Crippen LogP contribution in [-0.2, 0) is 10.1 Å². The van der Waals surface area contributed by atoms with Gasteiger partial charge in [0.25, 0.3) is 10.1 Å². The maximum absolute atomic E-state index is 10.9. The number of aromatic hydroxyl groups is 1. The van der Waals surface area contributed by atoms with Crippen LogP contribution in [0.3, 0.4) is 0 Å². The highest BCUT2D eigenvalue weighted by Crippen LogP contribution is 2.29. The molecule has 0 amide bonds. The number of hydrogen-bond acceptors (Lipinski definition) is 3. The summed E-state index contributed by atoms with van der Waals surface area (Å²) in [6.07, 6.45) is 0. The largest absolute Gasteiger partial charge is 0.507 e. The van der Waals surface area contributed by atoms with Crippen molar-refractivity contribution in [3.8, 4) is 5.75 Å². The maximum Gasteiger partial charge on any atom is 0.294 e. The number of hydrogen-bond donors (Lipinski definition) is 2. The number of benzene rings is 2. The first-order valence-electron chi connectivity index (χ1n) is 5.59. The maximum atomic E-state index is 10.9. The Morgan fingerprint density at radius 3 is 2.22 bits per heavy atom. The zero-order valence-corrected chi connectivity index (χ0v) is 11.3. The molecule has 4 nitrogen and oxygen atoms in total. The molecular weight excluding hydrogens is 252 g/mol. The molecule has 0 fully saturated rings. The Labute approximate surface area is 107 Å². The van der Waals surface area contributed by atoms with Crippen molar-refractivity contribution in [3.63, 3.8) is 0 Å². The highest BCUT2D eigenvalue weighted by Gasteiger charge is 2.11. The molecule has 0 aromatic heterocycles. The van der Waals surface area contributed by atoms with Crippen LogP contribution in [0.25, 0.3) is 10.8 Å². The molecule has 5 heteroatoms. The molecule has 0 heterocycles. The summed E-state index contributed by atoms with van der Waals surface area (Å²) in [5.74, 6) is 0.124. The summed E-state index contributed by atoms with van der Waals surface area (Å²) in [5, 5.41) is 10.9. The van der Waals surface area contributed by atoms with Crippen molar-refractivity contribution in [1.29, 1.82) is 0 Å². The van der Waals surface area contributed by atoms with Gasteiger partial charge in [-0.2, -0.15) is 8.42 Å². The molecule has 2 N–H and O–H groups in total. The predicted molar refractivity (Wildman–Crippen MR) is 71.5 cm³/mol. The molecule has 98 valence electrons. The van der Waals surface area contributed by atoms with Gasteiger partial charge in [0.05, 0.1) is 4.90 Å². The van der Waals surface area contributed by atoms with Crippen molar-refractivity contribution in [3.05, 3.63) is 35.9 Å². The molecule has 0 unspecified atom stereocenters. The summed E-state index contributed by atoms with van der Waals surface area (Å²) < 4.78 is 30.7. The summed E-state index contributed by atoms with van der Waals surface area (Å²) in [7, 11) is -4.20. The Balaban J connectivity index is 0.000000771. The third-order valence-electron chi connectivity index (χ3n) is 2.46. The lowest BCUT2D eigenvalue weighted by Crippen LogP contribution is -1.97. The van der Waals surface area contributed by atoms with Gasteiger partial charge in [-0.05, 0) is 36.1 Å². The van der Waals surface area contributed by atoms with E-state index in [1.165, 1.54) is 18.2 Å². The van der Waals surface area contributed by atoms with Crippen LogP contribution in [0.5, 0.6) is 5.75 Å². The summed E-state index contributed by atoms with van der Waals surface area (Å²) in [6.45, 7) is 5.76. The van der Waals surface area contributed by atoms with Gasteiger partial charge in [0.1, 0.15) is 5.75 Å². The lowest BCUT2D eigenvalue weighted by molar-refractivity contribution is 0.476. The summed E-state index contributed by atoms with van der Waals surface area (Å²) >= 11 is 0. The Kier molecular flexibility index (Phi) is 4.32. The zero-order chi connectivity index (χ0) is 13.9. The van der Waals surface area contributed by atoms with Gasteiger partial charge < -0.3 is 5.11 Å². The first-order chi connectivity index (χ1) is 8.39. The molecule has 2 aromatic rings. The fourth-order valence-corrected chi connectivity index (χ4v) is 2.08. The Bertz CT molecular complexity index is 660. The molecule has 2 rings (SSSR count). The van der Waals surface area contributed by atoms with E-state index in [0.29, 0.717) is 16.3 Å². The minimum atomic E-state index is -4.20. The lowest BCUT2D eigenvalue weighted by Gasteiger charge is -2.05. The fraction of sp³-hybridized carbons (Fsp3) is 0.231. The van der Waals surface area contributed by atoms with Crippen molar-refractivity contribution < 1.29 is 18.1 Å². The molecule has 0 bridgehead atoms. The van der Waals surface area contributed by atoms with Gasteiger partial charge in [-0.25, -0.2) is 0 Å². The van der Waals surface area contributed by atoms with Crippen LogP contribution < -0.4 is 0 Å². The Hall–Kier alpha value is -1.59. The van der Waals surface area contributed by atoms with Gasteiger partial charge in [0.2, 0.25) is 0 Å². The molecule has 0 saturated heterocycles. The van der Waals surface area contributed by atoms with E-state index in [-0.39, 0.29) is 10.6 Å². The number of phenolic OH excluding ortho intramolecular Hbond substituents is 1.